The van der Waals surface area contributed by atoms with Crippen LogP contribution >= 0.6 is 0 Å². The normalized spacial score (nSPS) is 16.4. The van der Waals surface area contributed by atoms with Gasteiger partial charge in [0.1, 0.15) is 17.5 Å². The Balaban J connectivity index is 2.45. The van der Waals surface area contributed by atoms with E-state index in [1.165, 1.54) is 12.8 Å². The zero-order chi connectivity index (χ0) is 8.72. The summed E-state index contributed by atoms with van der Waals surface area (Å²) in [6.07, 6.45) is 2.34. The maximum atomic E-state index is 5.66. The molecular formula is C8H12N4. The second kappa shape index (κ2) is 2.33. The van der Waals surface area contributed by atoms with Gasteiger partial charge < -0.3 is 11.5 Å². The number of nitrogens with zero attached hydrogens (tertiary/aromatic N) is 2. The summed E-state index contributed by atoms with van der Waals surface area (Å²) in [6, 6.07) is 0. The van der Waals surface area contributed by atoms with Gasteiger partial charge in [-0.25, -0.2) is 9.97 Å². The van der Waals surface area contributed by atoms with Gasteiger partial charge in [-0.15, -0.1) is 0 Å². The van der Waals surface area contributed by atoms with Gasteiger partial charge in [-0.2, -0.15) is 0 Å². The lowest BCUT2D eigenvalue weighted by atomic mass is 10.3. The van der Waals surface area contributed by atoms with E-state index in [9.17, 15) is 0 Å². The average molecular weight is 164 g/mol. The maximum absolute atomic E-state index is 5.66. The third-order valence-corrected chi connectivity index (χ3v) is 2.18. The molecule has 2 rings (SSSR count). The fraction of sp³-hybridized carbons (Fsp3) is 0.500. The summed E-state index contributed by atoms with van der Waals surface area (Å²) in [5.74, 6) is 2.36. The van der Waals surface area contributed by atoms with Crippen LogP contribution in [0.5, 0.6) is 0 Å². The second-order valence-corrected chi connectivity index (χ2v) is 3.25. The Bertz CT molecular complexity index is 294. The average Bonchev–Trinajstić information content (AvgIpc) is 2.81. The Kier molecular flexibility index (Phi) is 1.43. The molecule has 12 heavy (non-hydrogen) atoms. The summed E-state index contributed by atoms with van der Waals surface area (Å²) in [6.45, 7) is 1.83. The van der Waals surface area contributed by atoms with Crippen molar-refractivity contribution in [3.63, 3.8) is 0 Å². The highest BCUT2D eigenvalue weighted by Crippen LogP contribution is 2.38. The molecule has 0 amide bonds. The number of anilines is 2. The van der Waals surface area contributed by atoms with Crippen LogP contribution in [0, 0.1) is 6.92 Å². The molecule has 4 nitrogen and oxygen atoms in total. The van der Waals surface area contributed by atoms with Crippen molar-refractivity contribution in [3.05, 3.63) is 11.4 Å². The molecule has 1 aromatic heterocycles. The third kappa shape index (κ3) is 1.09. The van der Waals surface area contributed by atoms with E-state index in [-0.39, 0.29) is 0 Å². The van der Waals surface area contributed by atoms with E-state index in [2.05, 4.69) is 9.97 Å². The van der Waals surface area contributed by atoms with Crippen molar-refractivity contribution in [2.45, 2.75) is 25.7 Å². The highest BCUT2D eigenvalue weighted by atomic mass is 15.0. The molecule has 1 aliphatic rings. The van der Waals surface area contributed by atoms with Crippen LogP contribution in [0.4, 0.5) is 11.6 Å². The van der Waals surface area contributed by atoms with E-state index in [1.54, 1.807) is 0 Å². The molecular weight excluding hydrogens is 152 g/mol. The Hall–Kier alpha value is -1.32. The lowest BCUT2D eigenvalue weighted by Gasteiger charge is -2.04. The zero-order valence-electron chi connectivity index (χ0n) is 7.04. The van der Waals surface area contributed by atoms with E-state index in [0.29, 0.717) is 17.6 Å². The number of hydrogen-bond donors (Lipinski definition) is 2. The smallest absolute Gasteiger partial charge is 0.136 e. The van der Waals surface area contributed by atoms with E-state index < -0.39 is 0 Å². The molecule has 1 aliphatic carbocycles. The molecule has 64 valence electrons. The lowest BCUT2D eigenvalue weighted by molar-refractivity contribution is 0.930. The maximum Gasteiger partial charge on any atom is 0.136 e. The van der Waals surface area contributed by atoms with E-state index in [1.807, 2.05) is 6.92 Å². The van der Waals surface area contributed by atoms with Crippen molar-refractivity contribution in [2.24, 2.45) is 0 Å². The third-order valence-electron chi connectivity index (χ3n) is 2.18. The minimum Gasteiger partial charge on any atom is -0.383 e. The summed E-state index contributed by atoms with van der Waals surface area (Å²) in [5.41, 5.74) is 12.1. The summed E-state index contributed by atoms with van der Waals surface area (Å²) in [4.78, 5) is 8.36. The molecule has 0 radical (unpaired) electrons. The van der Waals surface area contributed by atoms with Crippen LogP contribution < -0.4 is 11.5 Å². The highest BCUT2D eigenvalue weighted by Gasteiger charge is 2.27. The van der Waals surface area contributed by atoms with Crippen LogP contribution in [0.2, 0.25) is 0 Å². The zero-order valence-corrected chi connectivity index (χ0v) is 7.04. The van der Waals surface area contributed by atoms with Gasteiger partial charge in [-0.3, -0.25) is 0 Å². The summed E-state index contributed by atoms with van der Waals surface area (Å²) in [5, 5.41) is 0. The molecule has 0 bridgehead atoms. The number of nitrogens with two attached hydrogens (primary N) is 2. The molecule has 1 heterocycles. The van der Waals surface area contributed by atoms with Crippen LogP contribution in [0.1, 0.15) is 30.1 Å². The van der Waals surface area contributed by atoms with Crippen molar-refractivity contribution in [3.8, 4) is 0 Å². The summed E-state index contributed by atoms with van der Waals surface area (Å²) in [7, 11) is 0. The van der Waals surface area contributed by atoms with Gasteiger partial charge in [0.2, 0.25) is 0 Å². The quantitative estimate of drug-likeness (QED) is 0.644. The first kappa shape index (κ1) is 7.34. The number of rotatable bonds is 1. The number of hydrogen-bond acceptors (Lipinski definition) is 4. The van der Waals surface area contributed by atoms with Gasteiger partial charge >= 0.3 is 0 Å². The van der Waals surface area contributed by atoms with Crippen molar-refractivity contribution >= 4 is 11.6 Å². The molecule has 0 aromatic carbocycles. The molecule has 4 N–H and O–H groups in total. The van der Waals surface area contributed by atoms with Crippen LogP contribution in [-0.4, -0.2) is 9.97 Å². The molecule has 1 fully saturated rings. The predicted molar refractivity (Wildman–Crippen MR) is 47.6 cm³/mol. The Morgan fingerprint density at radius 2 is 1.67 bits per heavy atom. The standard InChI is InChI=1S/C8H12N4/c1-4-6(9)11-8(5-2-3-5)12-7(4)10/h5H,2-3H2,1H3,(H4,9,10,11,12). The van der Waals surface area contributed by atoms with Gasteiger partial charge in [0.05, 0.1) is 0 Å². The molecule has 0 saturated heterocycles. The highest BCUT2D eigenvalue weighted by molar-refractivity contribution is 5.52. The van der Waals surface area contributed by atoms with Crippen molar-refractivity contribution in [2.75, 3.05) is 11.5 Å². The molecule has 1 aromatic rings. The summed E-state index contributed by atoms with van der Waals surface area (Å²) >= 11 is 0. The molecule has 4 heteroatoms. The van der Waals surface area contributed by atoms with Crippen molar-refractivity contribution in [1.82, 2.24) is 9.97 Å². The van der Waals surface area contributed by atoms with Crippen molar-refractivity contribution < 1.29 is 0 Å². The fourth-order valence-corrected chi connectivity index (χ4v) is 1.09. The predicted octanol–water partition coefficient (Wildman–Crippen LogP) is 0.827. The van der Waals surface area contributed by atoms with Gasteiger partial charge in [-0.05, 0) is 19.8 Å². The monoisotopic (exact) mass is 164 g/mol. The topological polar surface area (TPSA) is 77.8 Å². The van der Waals surface area contributed by atoms with Gasteiger partial charge in [0.25, 0.3) is 0 Å². The van der Waals surface area contributed by atoms with Gasteiger partial charge in [0.15, 0.2) is 0 Å². The first-order chi connectivity index (χ1) is 5.68. The first-order valence-electron chi connectivity index (χ1n) is 4.08. The van der Waals surface area contributed by atoms with Crippen LogP contribution in [0.3, 0.4) is 0 Å². The van der Waals surface area contributed by atoms with E-state index >= 15 is 0 Å². The lowest BCUT2D eigenvalue weighted by Crippen LogP contribution is -2.05. The van der Waals surface area contributed by atoms with Crippen LogP contribution in [0.25, 0.3) is 0 Å². The number of nitrogen functional groups attached to an aromatic ring is 2. The second-order valence-electron chi connectivity index (χ2n) is 3.25. The van der Waals surface area contributed by atoms with Gasteiger partial charge in [-0.1, -0.05) is 0 Å². The minimum atomic E-state index is 0.509. The van der Waals surface area contributed by atoms with Gasteiger partial charge in [0, 0.05) is 11.5 Å². The largest absolute Gasteiger partial charge is 0.383 e. The SMILES string of the molecule is Cc1c(N)nc(C2CC2)nc1N. The van der Waals surface area contributed by atoms with E-state index in [0.717, 1.165) is 11.4 Å². The molecule has 1 saturated carbocycles. The Labute approximate surface area is 71.0 Å². The van der Waals surface area contributed by atoms with Crippen LogP contribution in [0.15, 0.2) is 0 Å². The Morgan fingerprint density at radius 3 is 2.08 bits per heavy atom. The van der Waals surface area contributed by atoms with Crippen LogP contribution in [-0.2, 0) is 0 Å². The minimum absolute atomic E-state index is 0.509. The Morgan fingerprint density at radius 1 is 1.17 bits per heavy atom. The first-order valence-corrected chi connectivity index (χ1v) is 4.08. The molecule has 0 aliphatic heterocycles. The van der Waals surface area contributed by atoms with E-state index in [4.69, 9.17) is 11.5 Å². The summed E-state index contributed by atoms with van der Waals surface area (Å²) < 4.78 is 0. The molecule has 0 unspecified atom stereocenters. The molecule has 0 atom stereocenters. The number of aromatic nitrogens is 2. The fourth-order valence-electron chi connectivity index (χ4n) is 1.09. The van der Waals surface area contributed by atoms with Crippen molar-refractivity contribution in [1.29, 1.82) is 0 Å². The molecule has 0 spiro atoms.